The zero-order valence-electron chi connectivity index (χ0n) is 15.0. The lowest BCUT2D eigenvalue weighted by molar-refractivity contribution is -0.143. The first-order valence-corrected chi connectivity index (χ1v) is 9.57. The lowest BCUT2D eigenvalue weighted by atomic mass is 10.2. The van der Waals surface area contributed by atoms with Gasteiger partial charge >= 0.3 is 5.97 Å². The number of carbonyl (C=O) groups is 1. The van der Waals surface area contributed by atoms with Gasteiger partial charge in [0.15, 0.2) is 10.6 Å². The summed E-state index contributed by atoms with van der Waals surface area (Å²) in [5.41, 5.74) is 0.964. The monoisotopic (exact) mass is 394 g/mol. The Balaban J connectivity index is 1.75. The second kappa shape index (κ2) is 8.33. The molecule has 0 amide bonds. The maximum Gasteiger partial charge on any atom is 0.307 e. The molecule has 8 heteroatoms. The van der Waals surface area contributed by atoms with Crippen LogP contribution in [0.3, 0.4) is 0 Å². The summed E-state index contributed by atoms with van der Waals surface area (Å²) >= 11 is 11.5. The Morgan fingerprint density at radius 3 is 2.69 bits per heavy atom. The van der Waals surface area contributed by atoms with Crippen molar-refractivity contribution in [3.63, 3.8) is 0 Å². The molecule has 0 atom stereocenters. The van der Waals surface area contributed by atoms with Crippen LogP contribution in [0.5, 0.6) is 0 Å². The minimum atomic E-state index is -0.162. The number of nitrogens with zero attached hydrogens (tertiary/aromatic N) is 4. The van der Waals surface area contributed by atoms with E-state index in [0.29, 0.717) is 42.1 Å². The van der Waals surface area contributed by atoms with Crippen molar-refractivity contribution >= 4 is 29.8 Å². The number of hydrogen-bond donors (Lipinski definition) is 0. The molecule has 1 aliphatic carbocycles. The number of esters is 1. The molecule has 0 aliphatic heterocycles. The van der Waals surface area contributed by atoms with E-state index in [1.807, 2.05) is 47.5 Å². The number of rotatable bonds is 8. The van der Waals surface area contributed by atoms with Gasteiger partial charge in [-0.1, -0.05) is 11.6 Å². The van der Waals surface area contributed by atoms with Crippen molar-refractivity contribution in [2.24, 2.45) is 7.05 Å². The highest BCUT2D eigenvalue weighted by Gasteiger charge is 2.30. The summed E-state index contributed by atoms with van der Waals surface area (Å²) in [6.45, 7) is 3.46. The molecule has 0 N–H and O–H groups in total. The Morgan fingerprint density at radius 2 is 2.08 bits per heavy atom. The second-order valence-corrected chi connectivity index (χ2v) is 7.21. The molecule has 0 saturated heterocycles. The van der Waals surface area contributed by atoms with Gasteiger partial charge in [-0.3, -0.25) is 9.69 Å². The number of benzene rings is 1. The van der Waals surface area contributed by atoms with E-state index in [2.05, 4.69) is 4.90 Å². The molecule has 0 bridgehead atoms. The molecule has 1 aromatic carbocycles. The molecule has 0 spiro atoms. The highest BCUT2D eigenvalue weighted by molar-refractivity contribution is 7.71. The van der Waals surface area contributed by atoms with Crippen molar-refractivity contribution < 1.29 is 9.53 Å². The highest BCUT2D eigenvalue weighted by atomic mass is 35.5. The molecule has 2 aromatic rings. The van der Waals surface area contributed by atoms with Gasteiger partial charge in [-0.25, -0.2) is 4.68 Å². The van der Waals surface area contributed by atoms with E-state index in [-0.39, 0.29) is 5.97 Å². The van der Waals surface area contributed by atoms with E-state index < -0.39 is 0 Å². The standard InChI is InChI=1S/C18H23ClN4O2S/c1-3-25-16(24)10-11-22(15-8-9-15)12-23-18(26)21(2)17(20-23)13-4-6-14(19)7-5-13/h4-7,15H,3,8-12H2,1-2H3. The van der Waals surface area contributed by atoms with E-state index in [4.69, 9.17) is 33.7 Å². The Morgan fingerprint density at radius 1 is 1.38 bits per heavy atom. The second-order valence-electron chi connectivity index (χ2n) is 6.41. The van der Waals surface area contributed by atoms with Gasteiger partial charge in [0, 0.05) is 30.2 Å². The lowest BCUT2D eigenvalue weighted by Crippen LogP contribution is -2.31. The number of aromatic nitrogens is 3. The van der Waals surface area contributed by atoms with E-state index in [0.717, 1.165) is 24.2 Å². The van der Waals surface area contributed by atoms with Crippen molar-refractivity contribution in [3.05, 3.63) is 34.1 Å². The van der Waals surface area contributed by atoms with Crippen LogP contribution >= 0.6 is 23.8 Å². The fourth-order valence-corrected chi connectivity index (χ4v) is 3.19. The van der Waals surface area contributed by atoms with Crippen LogP contribution < -0.4 is 0 Å². The van der Waals surface area contributed by atoms with Crippen LogP contribution in [0.15, 0.2) is 24.3 Å². The van der Waals surface area contributed by atoms with Crippen LogP contribution in [0.4, 0.5) is 0 Å². The zero-order valence-corrected chi connectivity index (χ0v) is 16.6. The van der Waals surface area contributed by atoms with Gasteiger partial charge in [-0.05, 0) is 56.2 Å². The Hall–Kier alpha value is -1.70. The largest absolute Gasteiger partial charge is 0.466 e. The normalized spacial score (nSPS) is 14.0. The molecule has 0 radical (unpaired) electrons. The summed E-state index contributed by atoms with van der Waals surface area (Å²) in [6, 6.07) is 8.04. The van der Waals surface area contributed by atoms with Crippen LogP contribution in [0.25, 0.3) is 11.4 Å². The van der Waals surface area contributed by atoms with Gasteiger partial charge in [0.1, 0.15) is 0 Å². The predicted octanol–water partition coefficient (Wildman–Crippen LogP) is 3.65. The molecule has 26 heavy (non-hydrogen) atoms. The van der Waals surface area contributed by atoms with Crippen molar-refractivity contribution in [1.82, 2.24) is 19.2 Å². The third-order valence-electron chi connectivity index (χ3n) is 4.43. The first kappa shape index (κ1) is 19.1. The summed E-state index contributed by atoms with van der Waals surface area (Å²) in [5, 5.41) is 5.39. The summed E-state index contributed by atoms with van der Waals surface area (Å²) < 4.78 is 9.40. The Bertz CT molecular complexity index is 827. The number of hydrogen-bond acceptors (Lipinski definition) is 5. The Labute approximate surface area is 163 Å². The molecule has 1 heterocycles. The molecule has 1 saturated carbocycles. The highest BCUT2D eigenvalue weighted by Crippen LogP contribution is 2.28. The van der Waals surface area contributed by atoms with Crippen molar-refractivity contribution in [2.45, 2.75) is 38.9 Å². The molecule has 1 aromatic heterocycles. The van der Waals surface area contributed by atoms with E-state index in [9.17, 15) is 4.79 Å². The van der Waals surface area contributed by atoms with Gasteiger partial charge in [0.05, 0.1) is 19.7 Å². The van der Waals surface area contributed by atoms with Crippen LogP contribution in [-0.2, 0) is 23.2 Å². The minimum absolute atomic E-state index is 0.162. The van der Waals surface area contributed by atoms with E-state index in [1.54, 1.807) is 0 Å². The maximum atomic E-state index is 11.7. The molecule has 140 valence electrons. The molecule has 3 rings (SSSR count). The van der Waals surface area contributed by atoms with Crippen molar-refractivity contribution in [2.75, 3.05) is 13.2 Å². The van der Waals surface area contributed by atoms with Crippen LogP contribution in [-0.4, -0.2) is 44.4 Å². The molecule has 1 aliphatic rings. The predicted molar refractivity (Wildman–Crippen MR) is 103 cm³/mol. The van der Waals surface area contributed by atoms with Crippen molar-refractivity contribution in [3.8, 4) is 11.4 Å². The summed E-state index contributed by atoms with van der Waals surface area (Å²) in [7, 11) is 1.91. The van der Waals surface area contributed by atoms with E-state index in [1.165, 1.54) is 0 Å². The van der Waals surface area contributed by atoms with Gasteiger partial charge in [0.2, 0.25) is 0 Å². The third-order valence-corrected chi connectivity index (χ3v) is 5.17. The van der Waals surface area contributed by atoms with Crippen molar-refractivity contribution in [1.29, 1.82) is 0 Å². The smallest absolute Gasteiger partial charge is 0.307 e. The fourth-order valence-electron chi connectivity index (χ4n) is 2.88. The Kier molecular flexibility index (Phi) is 6.11. The third kappa shape index (κ3) is 4.52. The summed E-state index contributed by atoms with van der Waals surface area (Å²) in [5.74, 6) is 0.637. The molecular weight excluding hydrogens is 372 g/mol. The average molecular weight is 395 g/mol. The van der Waals surface area contributed by atoms with Crippen LogP contribution in [0.2, 0.25) is 5.02 Å². The molecular formula is C18H23ClN4O2S. The van der Waals surface area contributed by atoms with Gasteiger partial charge in [-0.2, -0.15) is 5.10 Å². The fraction of sp³-hybridized carbons (Fsp3) is 0.500. The first-order valence-electron chi connectivity index (χ1n) is 8.79. The molecule has 1 fully saturated rings. The topological polar surface area (TPSA) is 52.3 Å². The first-order chi connectivity index (χ1) is 12.5. The molecule has 6 nitrogen and oxygen atoms in total. The summed E-state index contributed by atoms with van der Waals surface area (Å²) in [4.78, 5) is 13.9. The van der Waals surface area contributed by atoms with Gasteiger partial charge < -0.3 is 9.30 Å². The number of ether oxygens (including phenoxy) is 1. The molecule has 0 unspecified atom stereocenters. The quantitative estimate of drug-likeness (QED) is 0.505. The maximum absolute atomic E-state index is 11.7. The zero-order chi connectivity index (χ0) is 18.7. The lowest BCUT2D eigenvalue weighted by Gasteiger charge is -2.21. The average Bonchev–Trinajstić information content (AvgIpc) is 3.42. The van der Waals surface area contributed by atoms with Gasteiger partial charge in [0.25, 0.3) is 0 Å². The minimum Gasteiger partial charge on any atom is -0.466 e. The number of carbonyl (C=O) groups excluding carboxylic acids is 1. The SMILES string of the molecule is CCOC(=O)CCN(Cn1nc(-c2ccc(Cl)cc2)n(C)c1=S)C1CC1. The number of halogens is 1. The van der Waals surface area contributed by atoms with Crippen LogP contribution in [0.1, 0.15) is 26.2 Å². The van der Waals surface area contributed by atoms with Crippen LogP contribution in [0, 0.1) is 4.77 Å². The van der Waals surface area contributed by atoms with E-state index >= 15 is 0 Å². The van der Waals surface area contributed by atoms with Gasteiger partial charge in [-0.15, -0.1) is 0 Å². The summed E-state index contributed by atoms with van der Waals surface area (Å²) in [6.07, 6.45) is 2.68.